The summed E-state index contributed by atoms with van der Waals surface area (Å²) in [5, 5.41) is 11.5. The highest BCUT2D eigenvalue weighted by Gasteiger charge is 2.17. The van der Waals surface area contributed by atoms with Gasteiger partial charge in [0.05, 0.1) is 5.69 Å². The predicted molar refractivity (Wildman–Crippen MR) is 61.7 cm³/mol. The molecule has 2 rings (SSSR count). The van der Waals surface area contributed by atoms with Crippen LogP contribution in [0.15, 0.2) is 30.0 Å². The lowest BCUT2D eigenvalue weighted by Gasteiger charge is -2.22. The molecule has 1 heterocycles. The number of hydrogen-bond donors (Lipinski definition) is 2. The number of phenols is 1. The van der Waals surface area contributed by atoms with E-state index in [2.05, 4.69) is 25.3 Å². The maximum Gasteiger partial charge on any atom is 0.118 e. The Morgan fingerprint density at radius 2 is 2.07 bits per heavy atom. The van der Waals surface area contributed by atoms with Crippen LogP contribution in [0.2, 0.25) is 0 Å². The van der Waals surface area contributed by atoms with Crippen LogP contribution in [0.3, 0.4) is 0 Å². The second-order valence-corrected chi connectivity index (χ2v) is 4.03. The van der Waals surface area contributed by atoms with Gasteiger partial charge in [-0.15, -0.1) is 0 Å². The second-order valence-electron chi connectivity index (χ2n) is 4.03. The molecule has 0 aliphatic carbocycles. The van der Waals surface area contributed by atoms with Gasteiger partial charge in [-0.3, -0.25) is 5.01 Å². The maximum absolute atomic E-state index is 9.45. The summed E-state index contributed by atoms with van der Waals surface area (Å²) >= 11 is 0. The first-order valence-corrected chi connectivity index (χ1v) is 5.12. The Balaban J connectivity index is 2.31. The average Bonchev–Trinajstić information content (AvgIpc) is 2.50. The smallest absolute Gasteiger partial charge is 0.118 e. The fourth-order valence-electron chi connectivity index (χ4n) is 1.84. The number of hydrazine groups is 1. The average molecular weight is 204 g/mol. The number of anilines is 1. The molecule has 0 aromatic heterocycles. The molecule has 3 heteroatoms. The summed E-state index contributed by atoms with van der Waals surface area (Å²) in [4.78, 5) is 0. The van der Waals surface area contributed by atoms with E-state index in [9.17, 15) is 5.11 Å². The molecule has 0 spiro atoms. The summed E-state index contributed by atoms with van der Waals surface area (Å²) in [7, 11) is 0. The summed E-state index contributed by atoms with van der Waals surface area (Å²) in [6.07, 6.45) is 2.17. The number of nitrogens with zero attached hydrogens (tertiary/aromatic N) is 1. The van der Waals surface area contributed by atoms with Gasteiger partial charge in [0, 0.05) is 11.7 Å². The van der Waals surface area contributed by atoms with Crippen LogP contribution in [0, 0.1) is 6.92 Å². The van der Waals surface area contributed by atoms with Gasteiger partial charge in [-0.05, 0) is 50.6 Å². The minimum absolute atomic E-state index is 0.340. The van der Waals surface area contributed by atoms with Crippen LogP contribution >= 0.6 is 0 Å². The van der Waals surface area contributed by atoms with Crippen molar-refractivity contribution in [2.75, 3.05) is 5.01 Å². The summed E-state index contributed by atoms with van der Waals surface area (Å²) in [6, 6.07) is 5.96. The molecule has 3 nitrogen and oxygen atoms in total. The Morgan fingerprint density at radius 1 is 1.33 bits per heavy atom. The van der Waals surface area contributed by atoms with Crippen LogP contribution < -0.4 is 10.4 Å². The predicted octanol–water partition coefficient (Wildman–Crippen LogP) is 2.32. The van der Waals surface area contributed by atoms with E-state index in [0.717, 1.165) is 11.3 Å². The van der Waals surface area contributed by atoms with E-state index in [0.29, 0.717) is 11.8 Å². The molecule has 2 N–H and O–H groups in total. The molecule has 0 saturated heterocycles. The molecule has 0 amide bonds. The molecule has 0 bridgehead atoms. The van der Waals surface area contributed by atoms with Gasteiger partial charge in [-0.25, -0.2) is 5.43 Å². The topological polar surface area (TPSA) is 35.5 Å². The number of aryl methyl sites for hydroxylation is 1. The van der Waals surface area contributed by atoms with Crippen molar-refractivity contribution >= 4 is 5.69 Å². The van der Waals surface area contributed by atoms with Gasteiger partial charge in [0.15, 0.2) is 0 Å². The molecule has 80 valence electrons. The number of hydrogen-bond acceptors (Lipinski definition) is 3. The largest absolute Gasteiger partial charge is 0.508 e. The van der Waals surface area contributed by atoms with Crippen molar-refractivity contribution in [3.63, 3.8) is 0 Å². The highest BCUT2D eigenvalue weighted by molar-refractivity contribution is 5.56. The minimum atomic E-state index is 0.340. The first-order valence-electron chi connectivity index (χ1n) is 5.12. The van der Waals surface area contributed by atoms with Crippen LogP contribution in [0.5, 0.6) is 5.75 Å². The second kappa shape index (κ2) is 3.59. The molecule has 1 aromatic rings. The summed E-state index contributed by atoms with van der Waals surface area (Å²) < 4.78 is 0. The molecule has 1 aliphatic heterocycles. The fourth-order valence-corrected chi connectivity index (χ4v) is 1.84. The van der Waals surface area contributed by atoms with Crippen LogP contribution in [0.4, 0.5) is 5.69 Å². The zero-order chi connectivity index (χ0) is 11.0. The summed E-state index contributed by atoms with van der Waals surface area (Å²) in [5.74, 6) is 0.340. The zero-order valence-corrected chi connectivity index (χ0v) is 9.28. The quantitative estimate of drug-likeness (QED) is 0.737. The van der Waals surface area contributed by atoms with E-state index in [1.165, 1.54) is 5.70 Å². The first kappa shape index (κ1) is 10.1. The van der Waals surface area contributed by atoms with Gasteiger partial charge in [-0.2, -0.15) is 0 Å². The zero-order valence-electron chi connectivity index (χ0n) is 9.28. The fraction of sp³-hybridized carbons (Fsp3) is 0.333. The standard InChI is InChI=1S/C12H16N2O/c1-8-6-11(4-5-12(8)15)14-10(3)7-9(2)13-14/h4-7,9,13,15H,1-3H3. The number of phenolic OH excluding ortho intramolecular Hbond substituents is 1. The molecule has 1 aromatic carbocycles. The van der Waals surface area contributed by atoms with E-state index in [1.54, 1.807) is 6.07 Å². The van der Waals surface area contributed by atoms with E-state index in [1.807, 2.05) is 24.1 Å². The lowest BCUT2D eigenvalue weighted by atomic mass is 10.2. The Hall–Kier alpha value is -1.48. The van der Waals surface area contributed by atoms with Gasteiger partial charge in [-0.1, -0.05) is 0 Å². The SMILES string of the molecule is CC1=CC(C)NN1c1ccc(O)c(C)c1. The molecular formula is C12H16N2O. The lowest BCUT2D eigenvalue weighted by molar-refractivity contribution is 0.471. The Kier molecular flexibility index (Phi) is 2.40. The highest BCUT2D eigenvalue weighted by atomic mass is 16.3. The number of rotatable bonds is 1. The van der Waals surface area contributed by atoms with Gasteiger partial charge in [0.2, 0.25) is 0 Å². The summed E-state index contributed by atoms with van der Waals surface area (Å²) in [5.41, 5.74) is 6.46. The molecule has 0 radical (unpaired) electrons. The molecule has 1 aliphatic rings. The normalized spacial score (nSPS) is 20.6. The van der Waals surface area contributed by atoms with E-state index >= 15 is 0 Å². The van der Waals surface area contributed by atoms with Crippen molar-refractivity contribution in [3.8, 4) is 5.75 Å². The van der Waals surface area contributed by atoms with E-state index < -0.39 is 0 Å². The maximum atomic E-state index is 9.45. The van der Waals surface area contributed by atoms with Crippen molar-refractivity contribution in [2.24, 2.45) is 0 Å². The highest BCUT2D eigenvalue weighted by Crippen LogP contribution is 2.26. The monoisotopic (exact) mass is 204 g/mol. The first-order chi connectivity index (χ1) is 7.08. The van der Waals surface area contributed by atoms with Gasteiger partial charge < -0.3 is 5.11 Å². The number of nitrogens with one attached hydrogen (secondary N) is 1. The third-order valence-corrected chi connectivity index (χ3v) is 2.62. The van der Waals surface area contributed by atoms with Crippen LogP contribution in [0.25, 0.3) is 0 Å². The van der Waals surface area contributed by atoms with Crippen LogP contribution in [-0.4, -0.2) is 11.1 Å². The molecule has 15 heavy (non-hydrogen) atoms. The van der Waals surface area contributed by atoms with E-state index in [4.69, 9.17) is 0 Å². The van der Waals surface area contributed by atoms with E-state index in [-0.39, 0.29) is 0 Å². The Labute approximate surface area is 90.0 Å². The molecule has 1 unspecified atom stereocenters. The minimum Gasteiger partial charge on any atom is -0.508 e. The van der Waals surface area contributed by atoms with Gasteiger partial charge in [0.1, 0.15) is 5.75 Å². The molecular weight excluding hydrogens is 188 g/mol. The summed E-state index contributed by atoms with van der Waals surface area (Å²) in [6.45, 7) is 6.08. The van der Waals surface area contributed by atoms with Crippen molar-refractivity contribution in [2.45, 2.75) is 26.8 Å². The van der Waals surface area contributed by atoms with Crippen LogP contribution in [0.1, 0.15) is 19.4 Å². The Bertz CT molecular complexity index is 412. The van der Waals surface area contributed by atoms with Crippen molar-refractivity contribution < 1.29 is 5.11 Å². The number of benzene rings is 1. The van der Waals surface area contributed by atoms with Crippen LogP contribution in [-0.2, 0) is 0 Å². The third kappa shape index (κ3) is 1.83. The number of aromatic hydroxyl groups is 1. The van der Waals surface area contributed by atoms with Gasteiger partial charge in [0.25, 0.3) is 0 Å². The molecule has 0 fully saturated rings. The third-order valence-electron chi connectivity index (χ3n) is 2.62. The molecule has 1 atom stereocenters. The lowest BCUT2D eigenvalue weighted by Crippen LogP contribution is -2.35. The molecule has 0 saturated carbocycles. The Morgan fingerprint density at radius 3 is 2.60 bits per heavy atom. The number of allylic oxidation sites excluding steroid dienone is 1. The van der Waals surface area contributed by atoms with Crippen molar-refractivity contribution in [1.82, 2.24) is 5.43 Å². The van der Waals surface area contributed by atoms with Gasteiger partial charge >= 0.3 is 0 Å². The van der Waals surface area contributed by atoms with Crippen molar-refractivity contribution in [1.29, 1.82) is 0 Å². The van der Waals surface area contributed by atoms with Crippen molar-refractivity contribution in [3.05, 3.63) is 35.5 Å².